The Labute approximate surface area is 97.1 Å². The van der Waals surface area contributed by atoms with Crippen molar-refractivity contribution in [3.63, 3.8) is 0 Å². The van der Waals surface area contributed by atoms with E-state index in [0.29, 0.717) is 0 Å². The third kappa shape index (κ3) is 2.19. The van der Waals surface area contributed by atoms with E-state index in [1.165, 1.54) is 5.56 Å². The maximum atomic E-state index is 5.53. The molecule has 1 atom stereocenters. The maximum absolute atomic E-state index is 5.53. The second kappa shape index (κ2) is 5.30. The van der Waals surface area contributed by atoms with Gasteiger partial charge in [-0.2, -0.15) is 0 Å². The summed E-state index contributed by atoms with van der Waals surface area (Å²) in [5.41, 5.74) is 7.35. The van der Waals surface area contributed by atoms with Crippen LogP contribution in [-0.2, 0) is 0 Å². The molecule has 0 aliphatic rings. The van der Waals surface area contributed by atoms with Crippen LogP contribution in [0.5, 0.6) is 5.75 Å². The Hall–Kier alpha value is -1.10. The minimum Gasteiger partial charge on any atom is -0.496 e. The SMILES string of the molecule is CNC(NN)c1c(C)cc(C)c(C)c1OC. The Morgan fingerprint density at radius 3 is 2.31 bits per heavy atom. The van der Waals surface area contributed by atoms with E-state index in [2.05, 4.69) is 37.6 Å². The Morgan fingerprint density at radius 1 is 1.25 bits per heavy atom. The summed E-state index contributed by atoms with van der Waals surface area (Å²) in [6.45, 7) is 6.20. The lowest BCUT2D eigenvalue weighted by Gasteiger charge is -2.23. The van der Waals surface area contributed by atoms with Crippen LogP contribution in [0.4, 0.5) is 0 Å². The first-order chi connectivity index (χ1) is 7.56. The molecule has 0 bridgehead atoms. The fourth-order valence-corrected chi connectivity index (χ4v) is 2.00. The van der Waals surface area contributed by atoms with Crippen molar-refractivity contribution < 1.29 is 4.74 Å². The van der Waals surface area contributed by atoms with Gasteiger partial charge < -0.3 is 10.1 Å². The lowest BCUT2D eigenvalue weighted by Crippen LogP contribution is -2.37. The largest absolute Gasteiger partial charge is 0.496 e. The Balaban J connectivity index is 3.41. The van der Waals surface area contributed by atoms with Crippen LogP contribution < -0.4 is 21.3 Å². The normalized spacial score (nSPS) is 12.6. The van der Waals surface area contributed by atoms with Gasteiger partial charge in [-0.15, -0.1) is 0 Å². The lowest BCUT2D eigenvalue weighted by atomic mass is 9.97. The highest BCUT2D eigenvalue weighted by Crippen LogP contribution is 2.32. The minimum absolute atomic E-state index is 0.103. The molecular weight excluding hydrogens is 202 g/mol. The third-order valence-electron chi connectivity index (χ3n) is 2.98. The molecule has 4 heteroatoms. The van der Waals surface area contributed by atoms with E-state index in [9.17, 15) is 0 Å². The molecule has 0 spiro atoms. The molecule has 0 fully saturated rings. The second-order valence-corrected chi connectivity index (χ2v) is 3.97. The fourth-order valence-electron chi connectivity index (χ4n) is 2.00. The van der Waals surface area contributed by atoms with E-state index in [4.69, 9.17) is 10.6 Å². The van der Waals surface area contributed by atoms with E-state index in [-0.39, 0.29) is 6.17 Å². The number of methoxy groups -OCH3 is 1. The third-order valence-corrected chi connectivity index (χ3v) is 2.98. The van der Waals surface area contributed by atoms with Gasteiger partial charge >= 0.3 is 0 Å². The van der Waals surface area contributed by atoms with Gasteiger partial charge in [0.15, 0.2) is 0 Å². The summed E-state index contributed by atoms with van der Waals surface area (Å²) in [7, 11) is 3.55. The average Bonchev–Trinajstić information content (AvgIpc) is 2.27. The van der Waals surface area contributed by atoms with Gasteiger partial charge in [0.25, 0.3) is 0 Å². The van der Waals surface area contributed by atoms with Gasteiger partial charge in [0.1, 0.15) is 5.75 Å². The van der Waals surface area contributed by atoms with Crippen molar-refractivity contribution in [3.8, 4) is 5.75 Å². The molecule has 4 nitrogen and oxygen atoms in total. The first-order valence-corrected chi connectivity index (χ1v) is 5.34. The van der Waals surface area contributed by atoms with E-state index in [0.717, 1.165) is 22.4 Å². The van der Waals surface area contributed by atoms with Crippen LogP contribution >= 0.6 is 0 Å². The summed E-state index contributed by atoms with van der Waals surface area (Å²) in [6.07, 6.45) is -0.103. The Morgan fingerprint density at radius 2 is 1.88 bits per heavy atom. The van der Waals surface area contributed by atoms with Gasteiger partial charge in [0.05, 0.1) is 13.3 Å². The lowest BCUT2D eigenvalue weighted by molar-refractivity contribution is 0.387. The molecule has 90 valence electrons. The smallest absolute Gasteiger partial charge is 0.128 e. The predicted molar refractivity (Wildman–Crippen MR) is 66.3 cm³/mol. The van der Waals surface area contributed by atoms with Crippen molar-refractivity contribution in [2.75, 3.05) is 14.2 Å². The molecule has 0 saturated carbocycles. The molecule has 0 aliphatic heterocycles. The molecule has 0 heterocycles. The molecule has 1 aromatic rings. The predicted octanol–water partition coefficient (Wildman–Crippen LogP) is 1.30. The number of hydrogen-bond donors (Lipinski definition) is 3. The number of nitrogens with one attached hydrogen (secondary N) is 2. The topological polar surface area (TPSA) is 59.3 Å². The van der Waals surface area contributed by atoms with Crippen molar-refractivity contribution in [1.82, 2.24) is 10.7 Å². The zero-order valence-corrected chi connectivity index (χ0v) is 10.6. The number of ether oxygens (including phenoxy) is 1. The minimum atomic E-state index is -0.103. The van der Waals surface area contributed by atoms with Gasteiger partial charge in [-0.1, -0.05) is 6.07 Å². The molecule has 1 rings (SSSR count). The molecule has 16 heavy (non-hydrogen) atoms. The fraction of sp³-hybridized carbons (Fsp3) is 0.500. The van der Waals surface area contributed by atoms with Crippen LogP contribution in [0.15, 0.2) is 6.07 Å². The molecule has 0 saturated heterocycles. The number of rotatable bonds is 4. The summed E-state index contributed by atoms with van der Waals surface area (Å²) in [5.74, 6) is 6.43. The number of nitrogens with two attached hydrogens (primary N) is 1. The number of benzene rings is 1. The van der Waals surface area contributed by atoms with E-state index in [1.54, 1.807) is 7.11 Å². The zero-order valence-electron chi connectivity index (χ0n) is 10.6. The first-order valence-electron chi connectivity index (χ1n) is 5.34. The van der Waals surface area contributed by atoms with Crippen LogP contribution in [-0.4, -0.2) is 14.2 Å². The molecule has 4 N–H and O–H groups in total. The Kier molecular flexibility index (Phi) is 4.29. The van der Waals surface area contributed by atoms with Crippen LogP contribution in [0.2, 0.25) is 0 Å². The van der Waals surface area contributed by atoms with Gasteiger partial charge in [0, 0.05) is 5.56 Å². The molecule has 0 aromatic heterocycles. The molecule has 0 radical (unpaired) electrons. The molecule has 1 unspecified atom stereocenters. The molecule has 0 aliphatic carbocycles. The van der Waals surface area contributed by atoms with Crippen LogP contribution in [0.25, 0.3) is 0 Å². The van der Waals surface area contributed by atoms with Crippen LogP contribution in [0.1, 0.15) is 28.4 Å². The van der Waals surface area contributed by atoms with Crippen molar-refractivity contribution >= 4 is 0 Å². The number of hydrazine groups is 1. The monoisotopic (exact) mass is 223 g/mol. The second-order valence-electron chi connectivity index (χ2n) is 3.97. The molecule has 0 amide bonds. The van der Waals surface area contributed by atoms with Crippen molar-refractivity contribution in [1.29, 1.82) is 0 Å². The van der Waals surface area contributed by atoms with E-state index >= 15 is 0 Å². The van der Waals surface area contributed by atoms with Gasteiger partial charge in [-0.05, 0) is 44.5 Å². The highest BCUT2D eigenvalue weighted by atomic mass is 16.5. The summed E-state index contributed by atoms with van der Waals surface area (Å²) in [5, 5.41) is 3.11. The standard InChI is InChI=1S/C12H21N3O/c1-7-6-8(2)10(12(14-4)15-13)11(16-5)9(7)3/h6,12,14-15H,13H2,1-5H3. The summed E-state index contributed by atoms with van der Waals surface area (Å²) in [6, 6.07) is 2.15. The number of aryl methyl sites for hydroxylation is 2. The maximum Gasteiger partial charge on any atom is 0.128 e. The van der Waals surface area contributed by atoms with Crippen LogP contribution in [0, 0.1) is 20.8 Å². The molecular formula is C12H21N3O. The summed E-state index contributed by atoms with van der Waals surface area (Å²) in [4.78, 5) is 0. The van der Waals surface area contributed by atoms with Crippen molar-refractivity contribution in [2.24, 2.45) is 5.84 Å². The Bertz CT molecular complexity index is 373. The molecule has 1 aromatic carbocycles. The van der Waals surface area contributed by atoms with Gasteiger partial charge in [0.2, 0.25) is 0 Å². The van der Waals surface area contributed by atoms with E-state index < -0.39 is 0 Å². The average molecular weight is 223 g/mol. The highest BCUT2D eigenvalue weighted by Gasteiger charge is 2.18. The van der Waals surface area contributed by atoms with Crippen molar-refractivity contribution in [3.05, 3.63) is 28.3 Å². The summed E-state index contributed by atoms with van der Waals surface area (Å²) < 4.78 is 5.49. The zero-order chi connectivity index (χ0) is 12.3. The summed E-state index contributed by atoms with van der Waals surface area (Å²) >= 11 is 0. The van der Waals surface area contributed by atoms with Gasteiger partial charge in [-0.25, -0.2) is 5.43 Å². The number of hydrogen-bond acceptors (Lipinski definition) is 4. The first kappa shape index (κ1) is 13.0. The van der Waals surface area contributed by atoms with Crippen LogP contribution in [0.3, 0.4) is 0 Å². The van der Waals surface area contributed by atoms with Crippen molar-refractivity contribution in [2.45, 2.75) is 26.9 Å². The highest BCUT2D eigenvalue weighted by molar-refractivity contribution is 5.50. The van der Waals surface area contributed by atoms with E-state index in [1.807, 2.05) is 7.05 Å². The van der Waals surface area contributed by atoms with Gasteiger partial charge in [-0.3, -0.25) is 5.84 Å². The quantitative estimate of drug-likeness (QED) is 0.409.